The maximum Gasteiger partial charge on any atom is 0.306 e. The highest BCUT2D eigenvalue weighted by Crippen LogP contribution is 2.33. The molecule has 0 aromatic heterocycles. The van der Waals surface area contributed by atoms with Crippen LogP contribution < -0.4 is 11.5 Å². The Hall–Kier alpha value is -2.24. The van der Waals surface area contributed by atoms with Crippen LogP contribution in [0.1, 0.15) is 32.6 Å². The number of carboxylic acid groups (broad SMARTS) is 4. The van der Waals surface area contributed by atoms with Crippen LogP contribution in [-0.2, 0) is 23.9 Å². The van der Waals surface area contributed by atoms with Crippen LogP contribution in [0.3, 0.4) is 0 Å². The minimum atomic E-state index is -2.36. The lowest BCUT2D eigenvalue weighted by Gasteiger charge is -2.44. The second kappa shape index (κ2) is 7.85. The van der Waals surface area contributed by atoms with Crippen molar-refractivity contribution in [3.05, 3.63) is 0 Å². The van der Waals surface area contributed by atoms with E-state index in [1.54, 1.807) is 0 Å². The smallest absolute Gasteiger partial charge is 0.306 e. The summed E-state index contributed by atoms with van der Waals surface area (Å²) in [6.45, 7) is 1.25. The van der Waals surface area contributed by atoms with E-state index >= 15 is 0 Å². The summed E-state index contributed by atoms with van der Waals surface area (Å²) in [7, 11) is 0. The molecule has 0 aliphatic rings. The van der Waals surface area contributed by atoms with Crippen LogP contribution in [0, 0.1) is 0 Å². The van der Waals surface area contributed by atoms with Gasteiger partial charge in [-0.1, -0.05) is 0 Å². The minimum Gasteiger partial charge on any atom is -0.481 e. The van der Waals surface area contributed by atoms with Gasteiger partial charge in [0.15, 0.2) is 0 Å². The quantitative estimate of drug-likeness (QED) is 0.242. The standard InChI is InChI=1S/C12H20N2O9/c1-6(2-7(15)16)23-11(3-8(17)18,4-9(19)20)12(13,14)5-10(21)22/h6H,2-5,13-14H2,1H3,(H,15,16)(H,17,18)(H,19,20)(H,21,22). The van der Waals surface area contributed by atoms with Crippen LogP contribution in [0.15, 0.2) is 0 Å². The zero-order valence-corrected chi connectivity index (χ0v) is 12.4. The molecule has 0 aromatic carbocycles. The molecule has 8 N–H and O–H groups in total. The molecular weight excluding hydrogens is 316 g/mol. The summed E-state index contributed by atoms with van der Waals surface area (Å²) >= 11 is 0. The first-order chi connectivity index (χ1) is 10.3. The normalized spacial score (nSPS) is 13.3. The van der Waals surface area contributed by atoms with E-state index in [4.69, 9.17) is 36.6 Å². The fourth-order valence-electron chi connectivity index (χ4n) is 2.16. The second-order valence-electron chi connectivity index (χ2n) is 5.27. The van der Waals surface area contributed by atoms with Crippen LogP contribution in [-0.4, -0.2) is 61.7 Å². The van der Waals surface area contributed by atoms with Crippen molar-refractivity contribution >= 4 is 23.9 Å². The van der Waals surface area contributed by atoms with Crippen LogP contribution >= 0.6 is 0 Å². The van der Waals surface area contributed by atoms with Crippen molar-refractivity contribution in [1.82, 2.24) is 0 Å². The van der Waals surface area contributed by atoms with Gasteiger partial charge in [0.05, 0.1) is 31.8 Å². The SMILES string of the molecule is CC(CC(=O)O)OC(CC(=O)O)(CC(=O)O)C(N)(N)CC(=O)O. The van der Waals surface area contributed by atoms with Gasteiger partial charge in [0.1, 0.15) is 11.3 Å². The Morgan fingerprint density at radius 2 is 1.26 bits per heavy atom. The molecule has 1 atom stereocenters. The summed E-state index contributed by atoms with van der Waals surface area (Å²) < 4.78 is 5.28. The Morgan fingerprint density at radius 1 is 0.870 bits per heavy atom. The van der Waals surface area contributed by atoms with Gasteiger partial charge in [-0.15, -0.1) is 0 Å². The number of hydrogen-bond donors (Lipinski definition) is 6. The third-order valence-corrected chi connectivity index (χ3v) is 3.05. The number of carboxylic acids is 4. The molecule has 11 nitrogen and oxygen atoms in total. The first-order valence-electron chi connectivity index (χ1n) is 6.44. The van der Waals surface area contributed by atoms with Crippen molar-refractivity contribution in [1.29, 1.82) is 0 Å². The lowest BCUT2D eigenvalue weighted by atomic mass is 9.79. The van der Waals surface area contributed by atoms with Gasteiger partial charge >= 0.3 is 23.9 Å². The van der Waals surface area contributed by atoms with Crippen LogP contribution in [0.25, 0.3) is 0 Å². The summed E-state index contributed by atoms with van der Waals surface area (Å²) in [4.78, 5) is 43.8. The van der Waals surface area contributed by atoms with Crippen molar-refractivity contribution in [2.75, 3.05) is 0 Å². The molecule has 1 unspecified atom stereocenters. The molecule has 23 heavy (non-hydrogen) atoms. The molecular formula is C12H20N2O9. The van der Waals surface area contributed by atoms with E-state index in [0.29, 0.717) is 0 Å². The molecule has 0 aliphatic heterocycles. The van der Waals surface area contributed by atoms with E-state index in [0.717, 1.165) is 0 Å². The highest BCUT2D eigenvalue weighted by atomic mass is 16.5. The van der Waals surface area contributed by atoms with E-state index in [9.17, 15) is 19.2 Å². The Kier molecular flexibility index (Phi) is 7.09. The number of carbonyl (C=O) groups is 4. The van der Waals surface area contributed by atoms with Gasteiger partial charge in [0, 0.05) is 0 Å². The van der Waals surface area contributed by atoms with Crippen LogP contribution in [0.4, 0.5) is 0 Å². The first-order valence-corrected chi connectivity index (χ1v) is 6.44. The molecule has 0 saturated carbocycles. The van der Waals surface area contributed by atoms with Crippen LogP contribution in [0.2, 0.25) is 0 Å². The summed E-state index contributed by atoms with van der Waals surface area (Å²) in [6.07, 6.45) is -4.73. The van der Waals surface area contributed by atoms with E-state index in [1.807, 2.05) is 0 Å². The summed E-state index contributed by atoms with van der Waals surface area (Å²) in [5.41, 5.74) is 6.67. The molecule has 0 aliphatic carbocycles. The number of rotatable bonds is 11. The molecule has 0 saturated heterocycles. The molecule has 0 aromatic rings. The van der Waals surface area contributed by atoms with Gasteiger partial charge in [-0.3, -0.25) is 19.2 Å². The molecule has 0 bridgehead atoms. The summed E-state index contributed by atoms with van der Waals surface area (Å²) in [5.74, 6) is -5.83. The predicted molar refractivity (Wildman–Crippen MR) is 73.4 cm³/mol. The molecule has 0 fully saturated rings. The molecule has 132 valence electrons. The van der Waals surface area contributed by atoms with Crippen molar-refractivity contribution in [2.24, 2.45) is 11.5 Å². The third-order valence-electron chi connectivity index (χ3n) is 3.05. The van der Waals surface area contributed by atoms with E-state index in [1.165, 1.54) is 6.92 Å². The number of aliphatic carboxylic acids is 4. The molecule has 0 spiro atoms. The molecule has 0 heterocycles. The Morgan fingerprint density at radius 3 is 1.57 bits per heavy atom. The zero-order valence-electron chi connectivity index (χ0n) is 12.4. The number of hydrogen-bond acceptors (Lipinski definition) is 7. The zero-order chi connectivity index (χ0) is 18.4. The Labute approximate surface area is 130 Å². The predicted octanol–water partition coefficient (Wildman–Crippen LogP) is -1.36. The fourth-order valence-corrected chi connectivity index (χ4v) is 2.16. The molecule has 0 radical (unpaired) electrons. The minimum absolute atomic E-state index is 0.579. The highest BCUT2D eigenvalue weighted by molar-refractivity contribution is 5.75. The highest BCUT2D eigenvalue weighted by Gasteiger charge is 2.52. The van der Waals surface area contributed by atoms with Crippen molar-refractivity contribution < 1.29 is 44.3 Å². The average Bonchev–Trinajstić information content (AvgIpc) is 2.22. The van der Waals surface area contributed by atoms with Crippen LogP contribution in [0.5, 0.6) is 0 Å². The lowest BCUT2D eigenvalue weighted by Crippen LogP contribution is -2.70. The Bertz CT molecular complexity index is 473. The maximum atomic E-state index is 11.1. The third kappa shape index (κ3) is 6.59. The maximum absolute atomic E-state index is 11.1. The Balaban J connectivity index is 5.83. The van der Waals surface area contributed by atoms with E-state index < -0.39 is 66.9 Å². The van der Waals surface area contributed by atoms with Gasteiger partial charge in [-0.25, -0.2) is 0 Å². The number of ether oxygens (including phenoxy) is 1. The van der Waals surface area contributed by atoms with Gasteiger partial charge in [-0.2, -0.15) is 0 Å². The largest absolute Gasteiger partial charge is 0.481 e. The van der Waals surface area contributed by atoms with Gasteiger partial charge < -0.3 is 36.6 Å². The first kappa shape index (κ1) is 20.8. The second-order valence-corrected chi connectivity index (χ2v) is 5.27. The molecule has 0 amide bonds. The topological polar surface area (TPSA) is 210 Å². The average molecular weight is 336 g/mol. The van der Waals surface area contributed by atoms with Gasteiger partial charge in [-0.05, 0) is 6.92 Å². The van der Waals surface area contributed by atoms with Crippen molar-refractivity contribution in [3.63, 3.8) is 0 Å². The lowest BCUT2D eigenvalue weighted by molar-refractivity contribution is -0.181. The molecule has 0 rings (SSSR count). The van der Waals surface area contributed by atoms with E-state index in [-0.39, 0.29) is 0 Å². The summed E-state index contributed by atoms with van der Waals surface area (Å²) in [5, 5.41) is 35.6. The number of nitrogens with two attached hydrogens (primary N) is 2. The van der Waals surface area contributed by atoms with Crippen molar-refractivity contribution in [3.8, 4) is 0 Å². The van der Waals surface area contributed by atoms with Gasteiger partial charge in [0.2, 0.25) is 0 Å². The molecule has 11 heteroatoms. The van der Waals surface area contributed by atoms with Crippen molar-refractivity contribution in [2.45, 2.75) is 50.0 Å². The fraction of sp³-hybridized carbons (Fsp3) is 0.667. The summed E-state index contributed by atoms with van der Waals surface area (Å²) in [6, 6.07) is 0. The van der Waals surface area contributed by atoms with E-state index in [2.05, 4.69) is 0 Å². The monoisotopic (exact) mass is 336 g/mol. The van der Waals surface area contributed by atoms with Gasteiger partial charge in [0.25, 0.3) is 0 Å².